The van der Waals surface area contributed by atoms with Crippen LogP contribution in [0.1, 0.15) is 20.7 Å². The minimum atomic E-state index is 0.128. The van der Waals surface area contributed by atoms with E-state index in [2.05, 4.69) is 35.9 Å². The predicted octanol–water partition coefficient (Wildman–Crippen LogP) is 4.64. The molecule has 2 heterocycles. The lowest BCUT2D eigenvalue weighted by molar-refractivity contribution is 0.945. The second kappa shape index (κ2) is 4.47. The minimum Gasteiger partial charge on any atom is -0.152 e. The van der Waals surface area contributed by atoms with Crippen molar-refractivity contribution in [1.29, 1.82) is 0 Å². The van der Waals surface area contributed by atoms with Gasteiger partial charge in [-0.2, -0.15) is 11.3 Å². The summed E-state index contributed by atoms with van der Waals surface area (Å²) in [6.45, 7) is 2.11. The van der Waals surface area contributed by atoms with E-state index in [9.17, 15) is 0 Å². The summed E-state index contributed by atoms with van der Waals surface area (Å²) in [5.41, 5.74) is 1.33. The van der Waals surface area contributed by atoms with Gasteiger partial charge in [0.05, 0.1) is 5.38 Å². The second-order valence-electron chi connectivity index (χ2n) is 3.25. The maximum absolute atomic E-state index is 6.33. The Morgan fingerprint density at radius 2 is 2.21 bits per heavy atom. The first kappa shape index (κ1) is 10.2. The molecule has 3 heteroatoms. The molecule has 0 radical (unpaired) electrons. The maximum atomic E-state index is 6.33. The van der Waals surface area contributed by atoms with E-state index in [-0.39, 0.29) is 5.38 Å². The molecule has 0 bridgehead atoms. The van der Waals surface area contributed by atoms with Crippen LogP contribution in [0.5, 0.6) is 0 Å². The molecule has 1 atom stereocenters. The molecular weight excluding hydrogens is 232 g/mol. The van der Waals surface area contributed by atoms with Crippen molar-refractivity contribution in [1.82, 2.24) is 0 Å². The molecule has 0 N–H and O–H groups in total. The third kappa shape index (κ3) is 2.38. The summed E-state index contributed by atoms with van der Waals surface area (Å²) in [6, 6.07) is 6.40. The Balaban J connectivity index is 2.06. The molecule has 0 aliphatic carbocycles. The van der Waals surface area contributed by atoms with Crippen LogP contribution < -0.4 is 0 Å². The van der Waals surface area contributed by atoms with Gasteiger partial charge in [-0.15, -0.1) is 22.9 Å². The van der Waals surface area contributed by atoms with Crippen molar-refractivity contribution in [2.75, 3.05) is 0 Å². The van der Waals surface area contributed by atoms with Gasteiger partial charge in [0.15, 0.2) is 0 Å². The highest BCUT2D eigenvalue weighted by molar-refractivity contribution is 7.12. The second-order valence-corrected chi connectivity index (χ2v) is 5.88. The Morgan fingerprint density at radius 1 is 1.36 bits per heavy atom. The van der Waals surface area contributed by atoms with Crippen LogP contribution in [-0.4, -0.2) is 0 Å². The molecule has 74 valence electrons. The molecule has 2 rings (SSSR count). The highest BCUT2D eigenvalue weighted by Gasteiger charge is 2.10. The van der Waals surface area contributed by atoms with Crippen LogP contribution in [0.4, 0.5) is 0 Å². The van der Waals surface area contributed by atoms with Gasteiger partial charge in [-0.25, -0.2) is 0 Å². The molecule has 0 fully saturated rings. The van der Waals surface area contributed by atoms with Crippen LogP contribution in [0.3, 0.4) is 0 Å². The molecular formula is C11H11ClS2. The third-order valence-corrected chi connectivity index (χ3v) is 4.43. The SMILES string of the molecule is Cc1ccc(C(Cl)Cc2ccsc2)s1. The molecule has 0 saturated carbocycles. The largest absolute Gasteiger partial charge is 0.152 e. The lowest BCUT2D eigenvalue weighted by Crippen LogP contribution is -1.90. The van der Waals surface area contributed by atoms with Crippen molar-refractivity contribution in [3.8, 4) is 0 Å². The molecule has 2 aromatic heterocycles. The highest BCUT2D eigenvalue weighted by Crippen LogP contribution is 2.30. The monoisotopic (exact) mass is 242 g/mol. The lowest BCUT2D eigenvalue weighted by atomic mass is 10.1. The number of hydrogen-bond donors (Lipinski definition) is 0. The number of rotatable bonds is 3. The van der Waals surface area contributed by atoms with Gasteiger partial charge < -0.3 is 0 Å². The van der Waals surface area contributed by atoms with Crippen LogP contribution in [0.15, 0.2) is 29.0 Å². The maximum Gasteiger partial charge on any atom is 0.0719 e. The number of halogens is 1. The standard InChI is InChI=1S/C11H11ClS2/c1-8-2-3-11(14-8)10(12)6-9-4-5-13-7-9/h2-5,7,10H,6H2,1H3. The fourth-order valence-corrected chi connectivity index (χ4v) is 3.26. The van der Waals surface area contributed by atoms with Crippen molar-refractivity contribution in [3.05, 3.63) is 44.3 Å². The van der Waals surface area contributed by atoms with E-state index in [1.807, 2.05) is 0 Å². The van der Waals surface area contributed by atoms with Crippen molar-refractivity contribution < 1.29 is 0 Å². The van der Waals surface area contributed by atoms with Crippen LogP contribution in [0.25, 0.3) is 0 Å². The van der Waals surface area contributed by atoms with Gasteiger partial charge in [-0.05, 0) is 47.9 Å². The molecule has 0 spiro atoms. The molecule has 0 aliphatic rings. The van der Waals surface area contributed by atoms with Gasteiger partial charge in [0.1, 0.15) is 0 Å². The molecule has 1 unspecified atom stereocenters. The van der Waals surface area contributed by atoms with Crippen molar-refractivity contribution in [2.45, 2.75) is 18.7 Å². The Bertz CT molecular complexity index is 389. The average Bonchev–Trinajstić information content (AvgIpc) is 2.75. The zero-order chi connectivity index (χ0) is 9.97. The third-order valence-electron chi connectivity index (χ3n) is 2.06. The summed E-state index contributed by atoms with van der Waals surface area (Å²) >= 11 is 9.84. The summed E-state index contributed by atoms with van der Waals surface area (Å²) in [4.78, 5) is 2.60. The fourth-order valence-electron chi connectivity index (χ4n) is 1.34. The van der Waals surface area contributed by atoms with E-state index < -0.39 is 0 Å². The molecule has 0 amide bonds. The Labute approximate surface area is 97.2 Å². The summed E-state index contributed by atoms with van der Waals surface area (Å²) in [5.74, 6) is 0. The van der Waals surface area contributed by atoms with Crippen LogP contribution >= 0.6 is 34.3 Å². The quantitative estimate of drug-likeness (QED) is 0.688. The molecule has 0 saturated heterocycles. The van der Waals surface area contributed by atoms with E-state index in [4.69, 9.17) is 11.6 Å². The molecule has 14 heavy (non-hydrogen) atoms. The number of alkyl halides is 1. The minimum absolute atomic E-state index is 0.128. The predicted molar refractivity (Wildman–Crippen MR) is 65.7 cm³/mol. The smallest absolute Gasteiger partial charge is 0.0719 e. The van der Waals surface area contributed by atoms with Gasteiger partial charge in [-0.3, -0.25) is 0 Å². The van der Waals surface area contributed by atoms with Crippen molar-refractivity contribution >= 4 is 34.3 Å². The van der Waals surface area contributed by atoms with Gasteiger partial charge in [0.25, 0.3) is 0 Å². The first-order chi connectivity index (χ1) is 6.75. The highest BCUT2D eigenvalue weighted by atomic mass is 35.5. The van der Waals surface area contributed by atoms with Crippen LogP contribution in [0, 0.1) is 6.92 Å². The number of aryl methyl sites for hydroxylation is 1. The van der Waals surface area contributed by atoms with Gasteiger partial charge in [0.2, 0.25) is 0 Å². The fraction of sp³-hybridized carbons (Fsp3) is 0.273. The molecule has 2 aromatic rings. The van der Waals surface area contributed by atoms with E-state index in [1.165, 1.54) is 15.3 Å². The lowest BCUT2D eigenvalue weighted by Gasteiger charge is -2.04. The topological polar surface area (TPSA) is 0 Å². The Kier molecular flexibility index (Phi) is 3.26. The number of hydrogen-bond acceptors (Lipinski definition) is 2. The zero-order valence-electron chi connectivity index (χ0n) is 7.87. The first-order valence-corrected chi connectivity index (χ1v) is 6.67. The van der Waals surface area contributed by atoms with Crippen molar-refractivity contribution in [3.63, 3.8) is 0 Å². The summed E-state index contributed by atoms with van der Waals surface area (Å²) in [6.07, 6.45) is 0.936. The van der Waals surface area contributed by atoms with E-state index >= 15 is 0 Å². The Morgan fingerprint density at radius 3 is 2.79 bits per heavy atom. The first-order valence-electron chi connectivity index (χ1n) is 4.47. The average molecular weight is 243 g/mol. The van der Waals surface area contributed by atoms with Crippen LogP contribution in [0.2, 0.25) is 0 Å². The summed E-state index contributed by atoms with van der Waals surface area (Å²) in [7, 11) is 0. The molecule has 0 nitrogen and oxygen atoms in total. The number of thiophene rings is 2. The van der Waals surface area contributed by atoms with E-state index in [1.54, 1.807) is 22.7 Å². The summed E-state index contributed by atoms with van der Waals surface area (Å²) < 4.78 is 0. The molecule has 0 aromatic carbocycles. The Hall–Kier alpha value is -0.310. The van der Waals surface area contributed by atoms with Crippen LogP contribution in [-0.2, 0) is 6.42 Å². The van der Waals surface area contributed by atoms with Gasteiger partial charge in [-0.1, -0.05) is 0 Å². The normalized spacial score (nSPS) is 13.0. The molecule has 0 aliphatic heterocycles. The summed E-state index contributed by atoms with van der Waals surface area (Å²) in [5, 5.41) is 4.39. The van der Waals surface area contributed by atoms with Gasteiger partial charge in [0, 0.05) is 9.75 Å². The van der Waals surface area contributed by atoms with E-state index in [0.717, 1.165) is 6.42 Å². The van der Waals surface area contributed by atoms with E-state index in [0.29, 0.717) is 0 Å². The van der Waals surface area contributed by atoms with Gasteiger partial charge >= 0.3 is 0 Å². The zero-order valence-corrected chi connectivity index (χ0v) is 10.3. The van der Waals surface area contributed by atoms with Crippen molar-refractivity contribution in [2.24, 2.45) is 0 Å².